The van der Waals surface area contributed by atoms with Gasteiger partial charge in [-0.3, -0.25) is 9.59 Å². The normalized spacial score (nSPS) is 32.6. The van der Waals surface area contributed by atoms with E-state index in [1.54, 1.807) is 12.1 Å². The summed E-state index contributed by atoms with van der Waals surface area (Å²) in [6.45, 7) is 2.14. The van der Waals surface area contributed by atoms with Crippen molar-refractivity contribution >= 4 is 23.3 Å². The van der Waals surface area contributed by atoms with Gasteiger partial charge in [0.2, 0.25) is 0 Å². The number of Topliss-reactive ketones (excluding diaryl/α,β-unsaturated/α-hetero) is 2. The Morgan fingerprint density at radius 1 is 1.22 bits per heavy atom. The van der Waals surface area contributed by atoms with Crippen molar-refractivity contribution in [2.45, 2.75) is 56.9 Å². The summed E-state index contributed by atoms with van der Waals surface area (Å²) in [6, 6.07) is 5.45. The van der Waals surface area contributed by atoms with Gasteiger partial charge in [-0.25, -0.2) is 0 Å². The Balaban J connectivity index is 1.54. The fourth-order valence-corrected chi connectivity index (χ4v) is 6.22. The highest BCUT2D eigenvalue weighted by Crippen LogP contribution is 2.59. The van der Waals surface area contributed by atoms with Crippen LogP contribution in [0, 0.1) is 17.3 Å². The molecule has 0 aromatic heterocycles. The Morgan fingerprint density at radius 2 is 2.00 bits per heavy atom. The number of carbonyl (C=O) groups is 2. The van der Waals surface area contributed by atoms with Crippen LogP contribution in [-0.2, 0) is 11.2 Å². The van der Waals surface area contributed by atoms with Crippen LogP contribution in [0.5, 0.6) is 0 Å². The summed E-state index contributed by atoms with van der Waals surface area (Å²) in [6.07, 6.45) is 5.41. The first-order chi connectivity index (χ1) is 12.7. The molecule has 1 aromatic carbocycles. The van der Waals surface area contributed by atoms with Crippen LogP contribution in [0.3, 0.4) is 0 Å². The molecule has 4 rings (SSSR count). The standard InChI is InChI=1S/C21H23F3O2S/c1-20-9-8-15-14-4-3-13(18(25)11-27-21(22,23)24)10-12(14)2-5-16(15)17(20)6-7-19(20)26/h3-4,10,15-17H,2,5-9,11H2,1H3/t15-,16-,17+,20+/m1/s1. The topological polar surface area (TPSA) is 34.1 Å². The summed E-state index contributed by atoms with van der Waals surface area (Å²) in [5.74, 6) is 0.731. The number of ketones is 2. The first-order valence-corrected chi connectivity index (χ1v) is 10.6. The van der Waals surface area contributed by atoms with Gasteiger partial charge in [0, 0.05) is 17.4 Å². The predicted octanol–water partition coefficient (Wildman–Crippen LogP) is 5.55. The molecule has 0 aliphatic heterocycles. The van der Waals surface area contributed by atoms with Crippen molar-refractivity contribution in [3.63, 3.8) is 0 Å². The maximum Gasteiger partial charge on any atom is 0.442 e. The van der Waals surface area contributed by atoms with Gasteiger partial charge in [-0.2, -0.15) is 13.2 Å². The Bertz CT molecular complexity index is 788. The second-order valence-electron chi connectivity index (χ2n) is 8.40. The number of hydrogen-bond donors (Lipinski definition) is 0. The number of alkyl halides is 3. The third kappa shape index (κ3) is 3.34. The lowest BCUT2D eigenvalue weighted by Gasteiger charge is -2.48. The van der Waals surface area contributed by atoms with Crippen molar-refractivity contribution in [1.82, 2.24) is 0 Å². The lowest BCUT2D eigenvalue weighted by molar-refractivity contribution is -0.129. The highest BCUT2D eigenvalue weighted by molar-refractivity contribution is 8.00. The molecule has 1 aromatic rings. The molecular formula is C21H23F3O2S. The van der Waals surface area contributed by atoms with Crippen LogP contribution in [-0.4, -0.2) is 22.8 Å². The fourth-order valence-electron chi connectivity index (χ4n) is 5.76. The summed E-state index contributed by atoms with van der Waals surface area (Å²) < 4.78 is 37.0. The van der Waals surface area contributed by atoms with E-state index in [9.17, 15) is 22.8 Å². The van der Waals surface area contributed by atoms with Gasteiger partial charge >= 0.3 is 5.51 Å². The maximum atomic E-state index is 12.4. The summed E-state index contributed by atoms with van der Waals surface area (Å²) in [5, 5.41) is 0. The van der Waals surface area contributed by atoms with Crippen LogP contribution in [0.2, 0.25) is 0 Å². The minimum absolute atomic E-state index is 0.163. The zero-order valence-corrected chi connectivity index (χ0v) is 16.1. The molecule has 0 unspecified atom stereocenters. The van der Waals surface area contributed by atoms with Crippen LogP contribution in [0.4, 0.5) is 13.2 Å². The number of benzene rings is 1. The van der Waals surface area contributed by atoms with E-state index >= 15 is 0 Å². The average Bonchev–Trinajstić information content (AvgIpc) is 2.93. The van der Waals surface area contributed by atoms with Crippen LogP contribution in [0.1, 0.15) is 66.4 Å². The summed E-state index contributed by atoms with van der Waals surface area (Å²) in [5.41, 5.74) is -1.83. The zero-order valence-electron chi connectivity index (χ0n) is 15.3. The molecule has 0 radical (unpaired) electrons. The predicted molar refractivity (Wildman–Crippen MR) is 98.9 cm³/mol. The number of halogens is 3. The molecule has 3 aliphatic carbocycles. The average molecular weight is 396 g/mol. The molecule has 2 nitrogen and oxygen atoms in total. The fraction of sp³-hybridized carbons (Fsp3) is 0.619. The van der Waals surface area contributed by atoms with Crippen LogP contribution >= 0.6 is 11.8 Å². The van der Waals surface area contributed by atoms with Gasteiger partial charge in [-0.05, 0) is 78.8 Å². The molecule has 0 saturated heterocycles. The van der Waals surface area contributed by atoms with E-state index in [1.165, 1.54) is 5.56 Å². The molecule has 6 heteroatoms. The first kappa shape index (κ1) is 19.0. The van der Waals surface area contributed by atoms with E-state index in [-0.39, 0.29) is 17.2 Å². The highest BCUT2D eigenvalue weighted by atomic mass is 32.2. The minimum Gasteiger partial charge on any atom is -0.299 e. The van der Waals surface area contributed by atoms with E-state index in [1.807, 2.05) is 6.07 Å². The maximum absolute atomic E-state index is 12.4. The molecule has 4 atom stereocenters. The lowest BCUT2D eigenvalue weighted by atomic mass is 9.55. The monoisotopic (exact) mass is 396 g/mol. The summed E-state index contributed by atoms with van der Waals surface area (Å²) in [4.78, 5) is 24.5. The van der Waals surface area contributed by atoms with Crippen molar-refractivity contribution in [1.29, 1.82) is 0 Å². The molecule has 0 amide bonds. The van der Waals surface area contributed by atoms with Gasteiger partial charge < -0.3 is 0 Å². The number of hydrogen-bond acceptors (Lipinski definition) is 3. The Hall–Kier alpha value is -1.30. The Labute approximate surface area is 161 Å². The number of aryl methyl sites for hydroxylation is 1. The molecule has 3 aliphatic rings. The summed E-state index contributed by atoms with van der Waals surface area (Å²) >= 11 is -0.279. The molecule has 0 heterocycles. The van der Waals surface area contributed by atoms with E-state index in [0.29, 0.717) is 35.5 Å². The molecule has 0 bridgehead atoms. The van der Waals surface area contributed by atoms with Crippen molar-refractivity contribution in [2.24, 2.45) is 17.3 Å². The quantitative estimate of drug-likeness (QED) is 0.629. The molecule has 146 valence electrons. The highest BCUT2D eigenvalue weighted by Gasteiger charge is 2.54. The second-order valence-corrected chi connectivity index (χ2v) is 9.44. The number of thioether (sulfide) groups is 1. The number of fused-ring (bicyclic) bond motifs is 5. The minimum atomic E-state index is -4.38. The van der Waals surface area contributed by atoms with E-state index in [2.05, 4.69) is 6.92 Å². The van der Waals surface area contributed by atoms with E-state index in [4.69, 9.17) is 0 Å². The smallest absolute Gasteiger partial charge is 0.299 e. The SMILES string of the molecule is C[C@]12CC[C@@H]3c4ccc(C(=O)CSC(F)(F)F)cc4CC[C@H]3[C@@H]1CCC2=O. The number of carbonyl (C=O) groups excluding carboxylic acids is 2. The first-order valence-electron chi connectivity index (χ1n) is 9.59. The van der Waals surface area contributed by atoms with Crippen molar-refractivity contribution in [3.05, 3.63) is 34.9 Å². The molecule has 0 spiro atoms. The third-order valence-corrected chi connectivity index (χ3v) is 7.86. The molecule has 0 N–H and O–H groups in total. The van der Waals surface area contributed by atoms with Gasteiger partial charge in [-0.15, -0.1) is 0 Å². The van der Waals surface area contributed by atoms with Gasteiger partial charge in [0.05, 0.1) is 5.75 Å². The molecule has 27 heavy (non-hydrogen) atoms. The van der Waals surface area contributed by atoms with Crippen molar-refractivity contribution < 1.29 is 22.8 Å². The summed E-state index contributed by atoms with van der Waals surface area (Å²) in [7, 11) is 0. The Morgan fingerprint density at radius 3 is 2.74 bits per heavy atom. The largest absolute Gasteiger partial charge is 0.442 e. The van der Waals surface area contributed by atoms with E-state index in [0.717, 1.165) is 37.7 Å². The van der Waals surface area contributed by atoms with Crippen LogP contribution in [0.15, 0.2) is 18.2 Å². The second kappa shape index (κ2) is 6.64. The van der Waals surface area contributed by atoms with Crippen molar-refractivity contribution in [2.75, 3.05) is 5.75 Å². The molecular weight excluding hydrogens is 373 g/mol. The van der Waals surface area contributed by atoms with Gasteiger partial charge in [0.15, 0.2) is 5.78 Å². The number of rotatable bonds is 3. The van der Waals surface area contributed by atoms with Gasteiger partial charge in [-0.1, -0.05) is 19.1 Å². The lowest BCUT2D eigenvalue weighted by Crippen LogP contribution is -2.42. The molecule has 2 saturated carbocycles. The van der Waals surface area contributed by atoms with E-state index < -0.39 is 17.0 Å². The van der Waals surface area contributed by atoms with Crippen LogP contribution in [0.25, 0.3) is 0 Å². The van der Waals surface area contributed by atoms with Gasteiger partial charge in [0.25, 0.3) is 0 Å². The van der Waals surface area contributed by atoms with Gasteiger partial charge in [0.1, 0.15) is 5.78 Å². The molecule has 2 fully saturated rings. The van der Waals surface area contributed by atoms with Crippen LogP contribution < -0.4 is 0 Å². The zero-order chi connectivity index (χ0) is 19.4. The third-order valence-electron chi connectivity index (χ3n) is 7.12. The Kier molecular flexibility index (Phi) is 4.68. The van der Waals surface area contributed by atoms with Crippen molar-refractivity contribution in [3.8, 4) is 0 Å².